The number of rotatable bonds is 2. The molecule has 0 amide bonds. The Morgan fingerprint density at radius 2 is 2.14 bits per heavy atom. The monoisotopic (exact) mass is 209 g/mol. The maximum atomic E-state index is 10.1. The van der Waals surface area contributed by atoms with Crippen LogP contribution < -0.4 is 0 Å². The second kappa shape index (κ2) is 4.80. The number of aliphatic hydroxyl groups excluding tert-OH is 1. The molecule has 0 saturated carbocycles. The first-order chi connectivity index (χ1) is 6.88. The minimum atomic E-state index is -0.364. The molecule has 1 atom stereocenters. The second-order valence-electron chi connectivity index (χ2n) is 3.65. The van der Waals surface area contributed by atoms with Gasteiger partial charge < -0.3 is 5.11 Å². The van der Waals surface area contributed by atoms with E-state index in [2.05, 4.69) is 4.98 Å². The van der Waals surface area contributed by atoms with E-state index in [1.807, 2.05) is 30.0 Å². The summed E-state index contributed by atoms with van der Waals surface area (Å²) in [5.41, 5.74) is 0.824. The second-order valence-corrected chi connectivity index (χ2v) is 4.87. The van der Waals surface area contributed by atoms with Gasteiger partial charge in [0.05, 0.1) is 11.8 Å². The standard InChI is InChI=1S/C11H15NOS/c13-11(9-4-7-14-8-5-9)10-3-1-2-6-12-10/h1-3,6,9,11,13H,4-5,7-8H2. The molecule has 3 heteroatoms. The van der Waals surface area contributed by atoms with Gasteiger partial charge in [0.1, 0.15) is 0 Å². The van der Waals surface area contributed by atoms with E-state index in [0.29, 0.717) is 5.92 Å². The minimum Gasteiger partial charge on any atom is -0.387 e. The molecule has 0 aromatic carbocycles. The zero-order valence-electron chi connectivity index (χ0n) is 8.10. The fourth-order valence-corrected chi connectivity index (χ4v) is 2.97. The summed E-state index contributed by atoms with van der Waals surface area (Å²) < 4.78 is 0. The van der Waals surface area contributed by atoms with Crippen molar-refractivity contribution in [1.29, 1.82) is 0 Å². The van der Waals surface area contributed by atoms with Crippen molar-refractivity contribution in [1.82, 2.24) is 4.98 Å². The first kappa shape index (κ1) is 9.99. The van der Waals surface area contributed by atoms with Gasteiger partial charge in [0, 0.05) is 6.20 Å². The molecule has 0 bridgehead atoms. The zero-order valence-corrected chi connectivity index (χ0v) is 8.91. The normalized spacial score (nSPS) is 20.6. The van der Waals surface area contributed by atoms with E-state index >= 15 is 0 Å². The van der Waals surface area contributed by atoms with Crippen LogP contribution >= 0.6 is 11.8 Å². The highest BCUT2D eigenvalue weighted by atomic mass is 32.2. The average molecular weight is 209 g/mol. The molecule has 0 radical (unpaired) electrons. The Kier molecular flexibility index (Phi) is 3.43. The van der Waals surface area contributed by atoms with Crippen LogP contribution in [0.4, 0.5) is 0 Å². The number of aliphatic hydroxyl groups is 1. The summed E-state index contributed by atoms with van der Waals surface area (Å²) in [6, 6.07) is 5.72. The third kappa shape index (κ3) is 2.28. The summed E-state index contributed by atoms with van der Waals surface area (Å²) in [5.74, 6) is 2.76. The molecule has 2 nitrogen and oxygen atoms in total. The molecule has 76 valence electrons. The summed E-state index contributed by atoms with van der Waals surface area (Å²) in [6.45, 7) is 0. The lowest BCUT2D eigenvalue weighted by Gasteiger charge is -2.25. The Labute approximate surface area is 88.8 Å². The summed E-state index contributed by atoms with van der Waals surface area (Å²) in [7, 11) is 0. The molecule has 1 aliphatic heterocycles. The smallest absolute Gasteiger partial charge is 0.0988 e. The van der Waals surface area contributed by atoms with Crippen LogP contribution in [0.15, 0.2) is 24.4 Å². The largest absolute Gasteiger partial charge is 0.387 e. The van der Waals surface area contributed by atoms with E-state index < -0.39 is 0 Å². The van der Waals surface area contributed by atoms with Gasteiger partial charge in [-0.15, -0.1) is 0 Å². The Balaban J connectivity index is 2.03. The van der Waals surface area contributed by atoms with Crippen molar-refractivity contribution in [2.75, 3.05) is 11.5 Å². The van der Waals surface area contributed by atoms with Crippen molar-refractivity contribution in [2.24, 2.45) is 5.92 Å². The van der Waals surface area contributed by atoms with Gasteiger partial charge in [0.2, 0.25) is 0 Å². The molecular formula is C11H15NOS. The molecule has 0 aliphatic carbocycles. The highest BCUT2D eigenvalue weighted by Crippen LogP contribution is 2.32. The summed E-state index contributed by atoms with van der Waals surface area (Å²) in [6.07, 6.45) is 3.61. The van der Waals surface area contributed by atoms with E-state index in [9.17, 15) is 5.11 Å². The SMILES string of the molecule is OC(c1ccccn1)C1CCSCC1. The van der Waals surface area contributed by atoms with Gasteiger partial charge >= 0.3 is 0 Å². The number of hydrogen-bond acceptors (Lipinski definition) is 3. The van der Waals surface area contributed by atoms with Crippen molar-refractivity contribution < 1.29 is 5.11 Å². The van der Waals surface area contributed by atoms with E-state index in [1.165, 1.54) is 11.5 Å². The maximum Gasteiger partial charge on any atom is 0.0988 e. The third-order valence-electron chi connectivity index (χ3n) is 2.70. The molecule has 1 aromatic heterocycles. The quantitative estimate of drug-likeness (QED) is 0.811. The topological polar surface area (TPSA) is 33.1 Å². The van der Waals surface area contributed by atoms with Gasteiger partial charge in [-0.3, -0.25) is 4.98 Å². The van der Waals surface area contributed by atoms with Crippen LogP contribution in [0.25, 0.3) is 0 Å². The van der Waals surface area contributed by atoms with E-state index in [4.69, 9.17) is 0 Å². The van der Waals surface area contributed by atoms with Crippen LogP contribution in [0, 0.1) is 5.92 Å². The first-order valence-corrected chi connectivity index (χ1v) is 6.20. The van der Waals surface area contributed by atoms with Gasteiger partial charge in [0.25, 0.3) is 0 Å². The van der Waals surface area contributed by atoms with Gasteiger partial charge in [-0.2, -0.15) is 11.8 Å². The molecule has 14 heavy (non-hydrogen) atoms. The van der Waals surface area contributed by atoms with Crippen LogP contribution in [0.1, 0.15) is 24.6 Å². The summed E-state index contributed by atoms with van der Waals surface area (Å²) in [4.78, 5) is 4.20. The number of aromatic nitrogens is 1. The molecule has 2 rings (SSSR count). The molecule has 1 saturated heterocycles. The number of thioether (sulfide) groups is 1. The molecule has 1 unspecified atom stereocenters. The van der Waals surface area contributed by atoms with E-state index in [-0.39, 0.29) is 6.10 Å². The number of hydrogen-bond donors (Lipinski definition) is 1. The van der Waals surface area contributed by atoms with Crippen molar-refractivity contribution in [3.05, 3.63) is 30.1 Å². The average Bonchev–Trinajstić information content (AvgIpc) is 2.30. The number of nitrogens with zero attached hydrogens (tertiary/aromatic N) is 1. The van der Waals surface area contributed by atoms with Gasteiger partial charge in [-0.05, 0) is 42.4 Å². The van der Waals surface area contributed by atoms with Crippen molar-refractivity contribution in [3.63, 3.8) is 0 Å². The summed E-state index contributed by atoms with van der Waals surface area (Å²) >= 11 is 1.98. The summed E-state index contributed by atoms with van der Waals surface area (Å²) in [5, 5.41) is 10.1. The van der Waals surface area contributed by atoms with Crippen molar-refractivity contribution in [3.8, 4) is 0 Å². The van der Waals surface area contributed by atoms with Gasteiger partial charge in [0.15, 0.2) is 0 Å². The Bertz CT molecular complexity index is 272. The molecule has 1 aromatic rings. The van der Waals surface area contributed by atoms with Crippen LogP contribution in [0.5, 0.6) is 0 Å². The molecule has 1 fully saturated rings. The number of pyridine rings is 1. The predicted molar refractivity (Wildman–Crippen MR) is 59.2 cm³/mol. The lowest BCUT2D eigenvalue weighted by atomic mass is 9.93. The van der Waals surface area contributed by atoms with Crippen LogP contribution in [-0.4, -0.2) is 21.6 Å². The Morgan fingerprint density at radius 3 is 2.79 bits per heavy atom. The molecule has 2 heterocycles. The predicted octanol–water partition coefficient (Wildman–Crippen LogP) is 2.26. The Morgan fingerprint density at radius 1 is 1.36 bits per heavy atom. The third-order valence-corrected chi connectivity index (χ3v) is 3.75. The Hall–Kier alpha value is -0.540. The molecule has 0 spiro atoms. The van der Waals surface area contributed by atoms with Crippen LogP contribution in [-0.2, 0) is 0 Å². The highest BCUT2D eigenvalue weighted by Gasteiger charge is 2.23. The zero-order chi connectivity index (χ0) is 9.80. The van der Waals surface area contributed by atoms with Gasteiger partial charge in [-0.1, -0.05) is 6.07 Å². The molecule has 1 N–H and O–H groups in total. The van der Waals surface area contributed by atoms with E-state index in [0.717, 1.165) is 18.5 Å². The van der Waals surface area contributed by atoms with Crippen molar-refractivity contribution in [2.45, 2.75) is 18.9 Å². The lowest BCUT2D eigenvalue weighted by Crippen LogP contribution is -2.18. The molecular weight excluding hydrogens is 194 g/mol. The highest BCUT2D eigenvalue weighted by molar-refractivity contribution is 7.99. The first-order valence-electron chi connectivity index (χ1n) is 5.04. The fraction of sp³-hybridized carbons (Fsp3) is 0.545. The molecule has 1 aliphatic rings. The van der Waals surface area contributed by atoms with Gasteiger partial charge in [-0.25, -0.2) is 0 Å². The lowest BCUT2D eigenvalue weighted by molar-refractivity contribution is 0.0989. The minimum absolute atomic E-state index is 0.364. The van der Waals surface area contributed by atoms with Crippen LogP contribution in [0.2, 0.25) is 0 Å². The fourth-order valence-electron chi connectivity index (χ4n) is 1.82. The van der Waals surface area contributed by atoms with Crippen molar-refractivity contribution >= 4 is 11.8 Å². The maximum absolute atomic E-state index is 10.1. The van der Waals surface area contributed by atoms with E-state index in [1.54, 1.807) is 6.20 Å². The van der Waals surface area contributed by atoms with Crippen LogP contribution in [0.3, 0.4) is 0 Å².